The van der Waals surface area contributed by atoms with Gasteiger partial charge in [0.2, 0.25) is 0 Å². The lowest BCUT2D eigenvalue weighted by Gasteiger charge is -2.33. The minimum absolute atomic E-state index is 0.00627. The van der Waals surface area contributed by atoms with Crippen LogP contribution in [-0.2, 0) is 4.79 Å². The van der Waals surface area contributed by atoms with Crippen molar-refractivity contribution in [3.05, 3.63) is 0 Å². The number of hydrogen-bond donors (Lipinski definition) is 2. The van der Waals surface area contributed by atoms with E-state index in [4.69, 9.17) is 5.11 Å². The number of rotatable bonds is 6. The molecule has 20 heavy (non-hydrogen) atoms. The Balaban J connectivity index is 2.10. The number of carboxylic acids is 1. The van der Waals surface area contributed by atoms with Gasteiger partial charge >= 0.3 is 12.0 Å². The van der Waals surface area contributed by atoms with Crippen LogP contribution in [0.1, 0.15) is 26.2 Å². The van der Waals surface area contributed by atoms with E-state index in [0.29, 0.717) is 31.2 Å². The van der Waals surface area contributed by atoms with Crippen LogP contribution in [0.4, 0.5) is 4.79 Å². The Hall–Kier alpha value is -0.950. The number of aliphatic carboxylic acids is 1. The fraction of sp³-hybridized carbons (Fsp3) is 0.846. The predicted octanol–water partition coefficient (Wildman–Crippen LogP) is 1.05. The number of amides is 2. The van der Waals surface area contributed by atoms with Crippen molar-refractivity contribution in [2.24, 2.45) is 5.92 Å². The number of carbonyl (C=O) groups is 2. The lowest BCUT2D eigenvalue weighted by atomic mass is 10.2. The standard InChI is InChI=1S/C13H22N2O4S/c1-2-14(6-3-7-16)13(19)15-10(12(17)18)8-20-11(15)9-4-5-9/h9-11,16H,2-8H2,1H3,(H,17,18). The molecule has 0 radical (unpaired) electrons. The molecular weight excluding hydrogens is 280 g/mol. The summed E-state index contributed by atoms with van der Waals surface area (Å²) in [6.45, 7) is 2.91. The molecule has 0 aromatic heterocycles. The minimum atomic E-state index is -0.924. The van der Waals surface area contributed by atoms with Crippen molar-refractivity contribution in [2.75, 3.05) is 25.4 Å². The fourth-order valence-corrected chi connectivity index (χ4v) is 4.14. The van der Waals surface area contributed by atoms with Crippen LogP contribution in [0, 0.1) is 5.92 Å². The number of aliphatic hydroxyl groups is 1. The van der Waals surface area contributed by atoms with E-state index in [1.165, 1.54) is 0 Å². The monoisotopic (exact) mass is 302 g/mol. The quantitative estimate of drug-likeness (QED) is 0.766. The Bertz CT molecular complexity index is 375. The van der Waals surface area contributed by atoms with Crippen LogP contribution in [0.5, 0.6) is 0 Å². The molecule has 2 unspecified atom stereocenters. The third kappa shape index (κ3) is 3.20. The smallest absolute Gasteiger partial charge is 0.327 e. The van der Waals surface area contributed by atoms with Crippen molar-refractivity contribution in [1.82, 2.24) is 9.80 Å². The highest BCUT2D eigenvalue weighted by Crippen LogP contribution is 2.45. The number of thioether (sulfide) groups is 1. The molecule has 0 aromatic carbocycles. The summed E-state index contributed by atoms with van der Waals surface area (Å²) < 4.78 is 0. The lowest BCUT2D eigenvalue weighted by molar-refractivity contribution is -0.141. The zero-order valence-corrected chi connectivity index (χ0v) is 12.5. The van der Waals surface area contributed by atoms with Gasteiger partial charge < -0.3 is 15.1 Å². The molecular formula is C13H22N2O4S. The van der Waals surface area contributed by atoms with Crippen LogP contribution < -0.4 is 0 Å². The van der Waals surface area contributed by atoms with Gasteiger partial charge in [-0.3, -0.25) is 4.90 Å². The van der Waals surface area contributed by atoms with Crippen molar-refractivity contribution in [1.29, 1.82) is 0 Å². The van der Waals surface area contributed by atoms with Crippen LogP contribution in [0.2, 0.25) is 0 Å². The second-order valence-electron chi connectivity index (χ2n) is 5.26. The molecule has 6 nitrogen and oxygen atoms in total. The molecule has 2 N–H and O–H groups in total. The van der Waals surface area contributed by atoms with Crippen LogP contribution in [0.15, 0.2) is 0 Å². The average molecular weight is 302 g/mol. The first-order valence-corrected chi connectivity index (χ1v) is 8.17. The second kappa shape index (κ2) is 6.67. The third-order valence-corrected chi connectivity index (χ3v) is 5.27. The first kappa shape index (κ1) is 15.4. The summed E-state index contributed by atoms with van der Waals surface area (Å²) in [7, 11) is 0. The molecule has 2 aliphatic rings. The van der Waals surface area contributed by atoms with E-state index in [1.807, 2.05) is 6.92 Å². The maximum Gasteiger partial charge on any atom is 0.327 e. The van der Waals surface area contributed by atoms with Gasteiger partial charge in [0.15, 0.2) is 0 Å². The van der Waals surface area contributed by atoms with Crippen LogP contribution in [0.3, 0.4) is 0 Å². The third-order valence-electron chi connectivity index (χ3n) is 3.80. The highest BCUT2D eigenvalue weighted by molar-refractivity contribution is 8.00. The van der Waals surface area contributed by atoms with Gasteiger partial charge in [-0.25, -0.2) is 9.59 Å². The summed E-state index contributed by atoms with van der Waals surface area (Å²) in [6, 6.07) is -0.920. The largest absolute Gasteiger partial charge is 0.480 e. The number of aliphatic hydroxyl groups excluding tert-OH is 1. The molecule has 1 saturated carbocycles. The van der Waals surface area contributed by atoms with Crippen LogP contribution in [-0.4, -0.2) is 68.9 Å². The van der Waals surface area contributed by atoms with Gasteiger partial charge in [-0.1, -0.05) is 0 Å². The van der Waals surface area contributed by atoms with Crippen LogP contribution >= 0.6 is 11.8 Å². The molecule has 0 bridgehead atoms. The maximum absolute atomic E-state index is 12.6. The van der Waals surface area contributed by atoms with Crippen molar-refractivity contribution >= 4 is 23.8 Å². The minimum Gasteiger partial charge on any atom is -0.480 e. The topological polar surface area (TPSA) is 81.1 Å². The first-order valence-electron chi connectivity index (χ1n) is 7.12. The molecule has 1 saturated heterocycles. The van der Waals surface area contributed by atoms with Gasteiger partial charge in [-0.2, -0.15) is 0 Å². The molecule has 0 aromatic rings. The van der Waals surface area contributed by atoms with Crippen molar-refractivity contribution < 1.29 is 19.8 Å². The molecule has 2 amide bonds. The van der Waals surface area contributed by atoms with Gasteiger partial charge in [0, 0.05) is 25.4 Å². The van der Waals surface area contributed by atoms with Crippen LogP contribution in [0.25, 0.3) is 0 Å². The van der Waals surface area contributed by atoms with E-state index in [0.717, 1.165) is 12.8 Å². The molecule has 1 aliphatic carbocycles. The van der Waals surface area contributed by atoms with E-state index in [1.54, 1.807) is 21.6 Å². The van der Waals surface area contributed by atoms with Crippen molar-refractivity contribution in [3.63, 3.8) is 0 Å². The van der Waals surface area contributed by atoms with E-state index in [9.17, 15) is 14.7 Å². The molecule has 2 rings (SSSR count). The SMILES string of the molecule is CCN(CCCO)C(=O)N1C(C(=O)O)CSC1C1CC1. The Morgan fingerprint density at radius 3 is 2.60 bits per heavy atom. The van der Waals surface area contributed by atoms with Gasteiger partial charge in [0.1, 0.15) is 6.04 Å². The summed E-state index contributed by atoms with van der Waals surface area (Å²) >= 11 is 1.59. The summed E-state index contributed by atoms with van der Waals surface area (Å²) in [4.78, 5) is 27.2. The number of carbonyl (C=O) groups excluding carboxylic acids is 1. The number of nitrogens with zero attached hydrogens (tertiary/aromatic N) is 2. The Morgan fingerprint density at radius 2 is 2.10 bits per heavy atom. The molecule has 1 aliphatic heterocycles. The average Bonchev–Trinajstić information content (AvgIpc) is 3.17. The fourth-order valence-electron chi connectivity index (χ4n) is 2.52. The van der Waals surface area contributed by atoms with E-state index < -0.39 is 12.0 Å². The zero-order chi connectivity index (χ0) is 14.7. The predicted molar refractivity (Wildman–Crippen MR) is 76.6 cm³/mol. The summed E-state index contributed by atoms with van der Waals surface area (Å²) in [5, 5.41) is 18.2. The second-order valence-corrected chi connectivity index (χ2v) is 6.41. The van der Waals surface area contributed by atoms with Gasteiger partial charge in [0.05, 0.1) is 5.37 Å². The van der Waals surface area contributed by atoms with E-state index in [2.05, 4.69) is 0 Å². The lowest BCUT2D eigenvalue weighted by Crippen LogP contribution is -2.52. The van der Waals surface area contributed by atoms with Crippen molar-refractivity contribution in [3.8, 4) is 0 Å². The zero-order valence-electron chi connectivity index (χ0n) is 11.7. The van der Waals surface area contributed by atoms with E-state index in [-0.39, 0.29) is 18.0 Å². The molecule has 114 valence electrons. The molecule has 2 fully saturated rings. The molecule has 0 spiro atoms. The normalized spacial score (nSPS) is 25.8. The van der Waals surface area contributed by atoms with Gasteiger partial charge in [-0.05, 0) is 32.1 Å². The number of carboxylic acid groups (broad SMARTS) is 1. The van der Waals surface area contributed by atoms with Gasteiger partial charge in [-0.15, -0.1) is 11.8 Å². The summed E-state index contributed by atoms with van der Waals surface area (Å²) in [6.07, 6.45) is 2.68. The Morgan fingerprint density at radius 1 is 1.40 bits per heavy atom. The molecule has 7 heteroatoms. The Kier molecular flexibility index (Phi) is 5.15. The highest BCUT2D eigenvalue weighted by atomic mass is 32.2. The Labute approximate surface area is 123 Å². The van der Waals surface area contributed by atoms with E-state index >= 15 is 0 Å². The molecule has 2 atom stereocenters. The molecule has 1 heterocycles. The highest BCUT2D eigenvalue weighted by Gasteiger charge is 2.48. The maximum atomic E-state index is 12.6. The number of urea groups is 1. The van der Waals surface area contributed by atoms with Gasteiger partial charge in [0.25, 0.3) is 0 Å². The first-order chi connectivity index (χ1) is 9.60. The number of hydrogen-bond acceptors (Lipinski definition) is 4. The summed E-state index contributed by atoms with van der Waals surface area (Å²) in [5.74, 6) is -0.00293. The summed E-state index contributed by atoms with van der Waals surface area (Å²) in [5.41, 5.74) is 0. The van der Waals surface area contributed by atoms with Crippen molar-refractivity contribution in [2.45, 2.75) is 37.6 Å².